The first-order valence-electron chi connectivity index (χ1n) is 9.89. The molecule has 3 aromatic heterocycles. The van der Waals surface area contributed by atoms with Crippen LogP contribution in [-0.2, 0) is 10.0 Å². The SMILES string of the molecule is CCCS(=O)(=O)Nc1ccc(F)c(C(=O)c2c[nH]c3ncc(-c4ccc(=O)[nH]c4)cc23)c1F. The number of nitrogens with one attached hydrogen (secondary N) is 3. The summed E-state index contributed by atoms with van der Waals surface area (Å²) in [6, 6.07) is 6.27. The van der Waals surface area contributed by atoms with Gasteiger partial charge in [0.25, 0.3) is 0 Å². The van der Waals surface area contributed by atoms with Gasteiger partial charge in [0.1, 0.15) is 11.5 Å². The van der Waals surface area contributed by atoms with E-state index < -0.39 is 38.7 Å². The quantitative estimate of drug-likeness (QED) is 0.355. The molecule has 33 heavy (non-hydrogen) atoms. The number of carbonyl (C=O) groups is 1. The molecule has 0 unspecified atom stereocenters. The van der Waals surface area contributed by atoms with Gasteiger partial charge in [-0.2, -0.15) is 0 Å². The molecule has 170 valence electrons. The number of H-pyrrole nitrogens is 2. The van der Waals surface area contributed by atoms with Crippen molar-refractivity contribution >= 4 is 32.5 Å². The molecule has 0 bridgehead atoms. The molecule has 0 fully saturated rings. The van der Waals surface area contributed by atoms with Crippen molar-refractivity contribution in [2.45, 2.75) is 13.3 Å². The number of nitrogens with zero attached hydrogens (tertiary/aromatic N) is 1. The van der Waals surface area contributed by atoms with Gasteiger partial charge in [0.15, 0.2) is 5.82 Å². The standard InChI is InChI=1S/C22H18F2N4O4S/c1-2-7-33(31,32)28-17-5-4-16(23)19(20(17)24)21(30)15-11-27-22-14(15)8-13(10-26-22)12-3-6-18(29)25-9-12/h3-6,8-11,28H,2,7H2,1H3,(H,25,29)(H,26,27). The summed E-state index contributed by atoms with van der Waals surface area (Å²) in [6.07, 6.45) is 4.57. The molecule has 0 radical (unpaired) electrons. The highest BCUT2D eigenvalue weighted by atomic mass is 32.2. The Morgan fingerprint density at radius 3 is 2.58 bits per heavy atom. The second kappa shape index (κ2) is 8.58. The molecular weight excluding hydrogens is 454 g/mol. The molecule has 3 heterocycles. The zero-order valence-electron chi connectivity index (χ0n) is 17.3. The summed E-state index contributed by atoms with van der Waals surface area (Å²) < 4.78 is 55.7. The van der Waals surface area contributed by atoms with Crippen molar-refractivity contribution in [3.63, 3.8) is 0 Å². The summed E-state index contributed by atoms with van der Waals surface area (Å²) in [5.41, 5.74) is -0.238. The summed E-state index contributed by atoms with van der Waals surface area (Å²) in [7, 11) is -3.86. The number of rotatable bonds is 7. The molecule has 4 aromatic rings. The van der Waals surface area contributed by atoms with E-state index in [0.29, 0.717) is 28.6 Å². The van der Waals surface area contributed by atoms with Gasteiger partial charge in [0, 0.05) is 41.2 Å². The zero-order valence-corrected chi connectivity index (χ0v) is 18.1. The van der Waals surface area contributed by atoms with E-state index in [1.165, 1.54) is 24.7 Å². The Labute approximate surface area is 186 Å². The number of carbonyl (C=O) groups excluding carboxylic acids is 1. The first-order chi connectivity index (χ1) is 15.7. The smallest absolute Gasteiger partial charge is 0.247 e. The fraction of sp³-hybridized carbons (Fsp3) is 0.136. The van der Waals surface area contributed by atoms with Gasteiger partial charge in [0.2, 0.25) is 21.4 Å². The zero-order chi connectivity index (χ0) is 23.8. The number of pyridine rings is 2. The lowest BCUT2D eigenvalue weighted by Gasteiger charge is -2.11. The minimum Gasteiger partial charge on any atom is -0.345 e. The number of aromatic amines is 2. The molecule has 0 aliphatic rings. The van der Waals surface area contributed by atoms with Crippen LogP contribution in [0.2, 0.25) is 0 Å². The summed E-state index contributed by atoms with van der Waals surface area (Å²) in [5.74, 6) is -3.67. The second-order valence-electron chi connectivity index (χ2n) is 7.30. The molecule has 4 rings (SSSR count). The largest absolute Gasteiger partial charge is 0.345 e. The molecule has 11 heteroatoms. The van der Waals surface area contributed by atoms with Gasteiger partial charge in [-0.15, -0.1) is 0 Å². The molecule has 8 nitrogen and oxygen atoms in total. The van der Waals surface area contributed by atoms with E-state index in [0.717, 1.165) is 12.1 Å². The van der Waals surface area contributed by atoms with Crippen molar-refractivity contribution in [1.29, 1.82) is 0 Å². The van der Waals surface area contributed by atoms with Crippen molar-refractivity contribution < 1.29 is 22.0 Å². The first kappa shape index (κ1) is 22.3. The number of sulfonamides is 1. The fourth-order valence-electron chi connectivity index (χ4n) is 3.40. The molecule has 3 N–H and O–H groups in total. The highest BCUT2D eigenvalue weighted by molar-refractivity contribution is 7.92. The Bertz CT molecular complexity index is 1520. The number of halogens is 2. The molecule has 0 saturated carbocycles. The van der Waals surface area contributed by atoms with Crippen molar-refractivity contribution in [2.75, 3.05) is 10.5 Å². The molecule has 0 saturated heterocycles. The summed E-state index contributed by atoms with van der Waals surface area (Å²) in [4.78, 5) is 34.0. The number of fused-ring (bicyclic) bond motifs is 1. The van der Waals surface area contributed by atoms with E-state index in [1.54, 1.807) is 19.1 Å². The Hall–Kier alpha value is -3.86. The minimum atomic E-state index is -3.86. The van der Waals surface area contributed by atoms with Crippen LogP contribution in [0.5, 0.6) is 0 Å². The van der Waals surface area contributed by atoms with Crippen LogP contribution in [0.4, 0.5) is 14.5 Å². The third-order valence-electron chi connectivity index (χ3n) is 4.95. The van der Waals surface area contributed by atoms with Gasteiger partial charge in [-0.05, 0) is 36.2 Å². The lowest BCUT2D eigenvalue weighted by atomic mass is 10.00. The van der Waals surface area contributed by atoms with Crippen LogP contribution < -0.4 is 10.3 Å². The van der Waals surface area contributed by atoms with Crippen LogP contribution in [-0.4, -0.2) is 34.9 Å². The first-order valence-corrected chi connectivity index (χ1v) is 11.5. The highest BCUT2D eigenvalue weighted by Crippen LogP contribution is 2.29. The van der Waals surface area contributed by atoms with Crippen LogP contribution >= 0.6 is 0 Å². The topological polar surface area (TPSA) is 125 Å². The van der Waals surface area contributed by atoms with Crippen molar-refractivity contribution in [1.82, 2.24) is 15.0 Å². The third-order valence-corrected chi connectivity index (χ3v) is 6.43. The Morgan fingerprint density at radius 2 is 1.88 bits per heavy atom. The number of ketones is 1. The van der Waals surface area contributed by atoms with Crippen LogP contribution in [0.25, 0.3) is 22.2 Å². The highest BCUT2D eigenvalue weighted by Gasteiger charge is 2.26. The third kappa shape index (κ3) is 4.40. The monoisotopic (exact) mass is 472 g/mol. The second-order valence-corrected chi connectivity index (χ2v) is 9.14. The van der Waals surface area contributed by atoms with E-state index >= 15 is 4.39 Å². The number of anilines is 1. The van der Waals surface area contributed by atoms with E-state index in [4.69, 9.17) is 0 Å². The van der Waals surface area contributed by atoms with Gasteiger partial charge in [-0.3, -0.25) is 14.3 Å². The number of hydrogen-bond acceptors (Lipinski definition) is 5. The Morgan fingerprint density at radius 1 is 1.09 bits per heavy atom. The van der Waals surface area contributed by atoms with Crippen molar-refractivity contribution in [3.8, 4) is 11.1 Å². The number of aromatic nitrogens is 3. The van der Waals surface area contributed by atoms with E-state index in [1.807, 2.05) is 0 Å². The van der Waals surface area contributed by atoms with Crippen molar-refractivity contribution in [3.05, 3.63) is 82.0 Å². The average Bonchev–Trinajstić information content (AvgIpc) is 3.19. The maximum atomic E-state index is 15.1. The van der Waals surface area contributed by atoms with Crippen LogP contribution in [0, 0.1) is 11.6 Å². The lowest BCUT2D eigenvalue weighted by molar-refractivity contribution is 0.103. The molecule has 0 atom stereocenters. The van der Waals surface area contributed by atoms with Crippen LogP contribution in [0.15, 0.2) is 53.7 Å². The summed E-state index contributed by atoms with van der Waals surface area (Å²) >= 11 is 0. The van der Waals surface area contributed by atoms with Gasteiger partial charge in [-0.25, -0.2) is 22.2 Å². The van der Waals surface area contributed by atoms with Crippen LogP contribution in [0.1, 0.15) is 29.3 Å². The normalized spacial score (nSPS) is 11.6. The Kier molecular flexibility index (Phi) is 5.81. The predicted octanol–water partition coefficient (Wildman–Crippen LogP) is 3.58. The molecule has 0 amide bonds. The predicted molar refractivity (Wildman–Crippen MR) is 120 cm³/mol. The molecule has 0 spiro atoms. The van der Waals surface area contributed by atoms with Crippen LogP contribution in [0.3, 0.4) is 0 Å². The minimum absolute atomic E-state index is 0.0462. The van der Waals surface area contributed by atoms with Crippen molar-refractivity contribution in [2.24, 2.45) is 0 Å². The van der Waals surface area contributed by atoms with Gasteiger partial charge >= 0.3 is 0 Å². The molecular formula is C22H18F2N4O4S. The van der Waals surface area contributed by atoms with E-state index in [-0.39, 0.29) is 16.9 Å². The summed E-state index contributed by atoms with van der Waals surface area (Å²) in [6.45, 7) is 1.64. The molecule has 1 aromatic carbocycles. The fourth-order valence-corrected chi connectivity index (χ4v) is 4.53. The van der Waals surface area contributed by atoms with Gasteiger partial charge < -0.3 is 9.97 Å². The van der Waals surface area contributed by atoms with E-state index in [9.17, 15) is 22.4 Å². The number of hydrogen-bond donors (Lipinski definition) is 3. The summed E-state index contributed by atoms with van der Waals surface area (Å²) in [5, 5.41) is 0.305. The maximum absolute atomic E-state index is 15.1. The lowest BCUT2D eigenvalue weighted by Crippen LogP contribution is -2.18. The molecule has 0 aliphatic heterocycles. The Balaban J connectivity index is 1.79. The average molecular weight is 472 g/mol. The van der Waals surface area contributed by atoms with Gasteiger partial charge in [0.05, 0.1) is 17.0 Å². The maximum Gasteiger partial charge on any atom is 0.247 e. The van der Waals surface area contributed by atoms with E-state index in [2.05, 4.69) is 19.7 Å². The number of benzene rings is 1. The van der Waals surface area contributed by atoms with Gasteiger partial charge in [-0.1, -0.05) is 6.92 Å². The molecule has 0 aliphatic carbocycles.